The Morgan fingerprint density at radius 3 is 2.19 bits per heavy atom. The third-order valence-electron chi connectivity index (χ3n) is 11.5. The molecule has 5 rings (SSSR count). The molecule has 2 aliphatic carbocycles. The highest BCUT2D eigenvalue weighted by Gasteiger charge is 2.57. The Hall–Kier alpha value is -4.61. The highest BCUT2D eigenvalue weighted by molar-refractivity contribution is 7.91. The number of nitrogens with two attached hydrogens (primary N) is 1. The summed E-state index contributed by atoms with van der Waals surface area (Å²) in [5, 5.41) is 12.8. The van der Waals surface area contributed by atoms with Crippen LogP contribution < -0.4 is 25.2 Å². The van der Waals surface area contributed by atoms with Crippen molar-refractivity contribution >= 4 is 44.6 Å². The van der Waals surface area contributed by atoms with Crippen LogP contribution >= 0.6 is 0 Å². The van der Waals surface area contributed by atoms with Crippen LogP contribution in [0.15, 0.2) is 36.9 Å². The molecule has 1 aliphatic heterocycles. The van der Waals surface area contributed by atoms with Gasteiger partial charge in [0, 0.05) is 19.8 Å². The summed E-state index contributed by atoms with van der Waals surface area (Å²) < 4.78 is 68.1. The molecule has 2 saturated carbocycles. The molecule has 18 heteroatoms. The van der Waals surface area contributed by atoms with Gasteiger partial charge in [-0.1, -0.05) is 38.5 Å². The minimum absolute atomic E-state index is 0.136. The number of hydrogen-bond acceptors (Lipinski definition) is 11. The molecule has 2 aromatic rings. The fourth-order valence-electron chi connectivity index (χ4n) is 6.78. The fraction of sp³-hybridized carbons (Fsp3) is 0.659. The second kappa shape index (κ2) is 18.8. The lowest BCUT2D eigenvalue weighted by atomic mass is 9.88. The summed E-state index contributed by atoms with van der Waals surface area (Å²) in [5.74, 6) is -3.28. The van der Waals surface area contributed by atoms with Crippen LogP contribution in [-0.2, 0) is 29.1 Å². The average molecular weight is 851 g/mol. The van der Waals surface area contributed by atoms with Crippen molar-refractivity contribution in [3.05, 3.63) is 36.9 Å². The van der Waals surface area contributed by atoms with E-state index in [1.54, 1.807) is 11.8 Å². The Kier molecular flexibility index (Phi) is 15.0. The van der Waals surface area contributed by atoms with E-state index in [9.17, 15) is 36.4 Å². The largest absolute Gasteiger partial charge is 0.476 e. The number of aromatic nitrogens is 2. The Morgan fingerprint density at radius 2 is 1.68 bits per heavy atom. The molecule has 1 saturated heterocycles. The van der Waals surface area contributed by atoms with Crippen LogP contribution in [0.1, 0.15) is 113 Å². The van der Waals surface area contributed by atoms with E-state index in [0.717, 1.165) is 44.9 Å². The molecule has 3 aliphatic rings. The zero-order valence-electron chi connectivity index (χ0n) is 35.1. The van der Waals surface area contributed by atoms with Gasteiger partial charge in [0.2, 0.25) is 33.6 Å². The molecule has 1 aromatic heterocycles. The number of fused-ring (bicyclic) bond motifs is 1. The molecule has 0 bridgehead atoms. The number of amides is 4. The minimum atomic E-state index is -3.87. The van der Waals surface area contributed by atoms with Gasteiger partial charge in [0.1, 0.15) is 17.7 Å². The summed E-state index contributed by atoms with van der Waals surface area (Å²) >= 11 is 0. The predicted molar refractivity (Wildman–Crippen MR) is 217 cm³/mol. The van der Waals surface area contributed by atoms with Crippen molar-refractivity contribution < 1.29 is 50.6 Å². The second-order valence-corrected chi connectivity index (χ2v) is 19.0. The lowest BCUT2D eigenvalue weighted by Crippen LogP contribution is -2.56. The van der Waals surface area contributed by atoms with E-state index in [2.05, 4.69) is 51.1 Å². The maximum Gasteiger partial charge on any atom is 0.405 e. The van der Waals surface area contributed by atoms with Crippen LogP contribution in [0.3, 0.4) is 0 Å². The van der Waals surface area contributed by atoms with Gasteiger partial charge in [0.25, 0.3) is 11.8 Å². The number of benzene rings is 1. The van der Waals surface area contributed by atoms with Gasteiger partial charge in [0.15, 0.2) is 5.60 Å². The van der Waals surface area contributed by atoms with E-state index < -0.39 is 61.9 Å². The van der Waals surface area contributed by atoms with Crippen LogP contribution in [0.2, 0.25) is 0 Å². The van der Waals surface area contributed by atoms with Crippen LogP contribution in [0, 0.1) is 11.8 Å². The number of nitrogens with one attached hydrogen (secondary N) is 2. The Balaban J connectivity index is 0.000000612. The normalized spacial score (nSPS) is 20.3. The van der Waals surface area contributed by atoms with E-state index in [-0.39, 0.29) is 37.1 Å². The van der Waals surface area contributed by atoms with Gasteiger partial charge in [-0.2, -0.15) is 0 Å². The summed E-state index contributed by atoms with van der Waals surface area (Å²) in [6.45, 7) is 15.0. The number of allylic oxidation sites excluding steroid dienone is 1. The SMILES string of the molecule is C=CCCC(C)CC(CC)CC(=O)N1C[C@H](Oc2nnc(OCC)c3ccccc23)CC1C(=O)NC1(C(=O)NS(=O)(=O)C2(C)CC2)CC1.CC(F)(F)C(C)(C)OC(N)=O. The summed E-state index contributed by atoms with van der Waals surface area (Å²) in [6, 6.07) is 6.54. The molecule has 0 spiro atoms. The van der Waals surface area contributed by atoms with E-state index in [4.69, 9.17) is 9.47 Å². The van der Waals surface area contributed by atoms with Crippen molar-refractivity contribution in [2.75, 3.05) is 13.2 Å². The zero-order chi connectivity index (χ0) is 44.0. The lowest BCUT2D eigenvalue weighted by molar-refractivity contribution is -0.148. The molecule has 3 unspecified atom stereocenters. The molecule has 59 heavy (non-hydrogen) atoms. The minimum Gasteiger partial charge on any atom is -0.476 e. The quantitative estimate of drug-likeness (QED) is 0.141. The molecular weight excluding hydrogens is 791 g/mol. The van der Waals surface area contributed by atoms with Crippen molar-refractivity contribution in [2.24, 2.45) is 17.6 Å². The molecule has 4 N–H and O–H groups in total. The number of alkyl halides is 2. The van der Waals surface area contributed by atoms with Crippen LogP contribution in [0.25, 0.3) is 10.8 Å². The Labute approximate surface area is 345 Å². The number of nitrogens with zero attached hydrogens (tertiary/aromatic N) is 3. The summed E-state index contributed by atoms with van der Waals surface area (Å²) in [6.07, 6.45) is 5.77. The molecule has 4 atom stereocenters. The zero-order valence-corrected chi connectivity index (χ0v) is 36.0. The number of halogens is 2. The van der Waals surface area contributed by atoms with E-state index in [0.29, 0.717) is 56.4 Å². The predicted octanol–water partition coefficient (Wildman–Crippen LogP) is 5.95. The number of ether oxygens (including phenoxy) is 3. The van der Waals surface area contributed by atoms with Gasteiger partial charge >= 0.3 is 6.09 Å². The lowest BCUT2D eigenvalue weighted by Gasteiger charge is -2.29. The average Bonchev–Trinajstić information content (AvgIpc) is 4.07. The smallest absolute Gasteiger partial charge is 0.405 e. The first kappa shape index (κ1) is 47.1. The summed E-state index contributed by atoms with van der Waals surface area (Å²) in [5.41, 5.74) is 1.41. The molecular formula is C41H60F2N6O9S. The molecule has 1 aromatic carbocycles. The number of primary amides is 1. The fourth-order valence-corrected chi connectivity index (χ4v) is 8.10. The number of rotatable bonds is 19. The van der Waals surface area contributed by atoms with Crippen molar-refractivity contribution in [2.45, 2.75) is 147 Å². The molecule has 2 heterocycles. The molecule has 328 valence electrons. The van der Waals surface area contributed by atoms with E-state index >= 15 is 0 Å². The number of hydrogen-bond donors (Lipinski definition) is 3. The van der Waals surface area contributed by atoms with Gasteiger partial charge in [-0.05, 0) is 96.6 Å². The third-order valence-corrected chi connectivity index (χ3v) is 13.7. The van der Waals surface area contributed by atoms with Crippen LogP contribution in [-0.4, -0.2) is 94.4 Å². The van der Waals surface area contributed by atoms with Crippen molar-refractivity contribution in [3.63, 3.8) is 0 Å². The maximum atomic E-state index is 13.9. The monoisotopic (exact) mass is 850 g/mol. The van der Waals surface area contributed by atoms with Crippen molar-refractivity contribution in [3.8, 4) is 11.8 Å². The van der Waals surface area contributed by atoms with Crippen molar-refractivity contribution in [1.82, 2.24) is 25.1 Å². The third kappa shape index (κ3) is 11.8. The van der Waals surface area contributed by atoms with E-state index in [1.807, 2.05) is 37.3 Å². The Morgan fingerprint density at radius 1 is 1.07 bits per heavy atom. The van der Waals surface area contributed by atoms with Gasteiger partial charge in [-0.3, -0.25) is 19.1 Å². The number of carbonyl (C=O) groups excluding carboxylic acids is 4. The van der Waals surface area contributed by atoms with Crippen LogP contribution in [0.5, 0.6) is 11.8 Å². The topological polar surface area (TPSA) is 209 Å². The first-order valence-corrected chi connectivity index (χ1v) is 21.7. The number of carbonyl (C=O) groups is 4. The first-order chi connectivity index (χ1) is 27.5. The molecule has 3 fully saturated rings. The molecule has 0 radical (unpaired) electrons. The number of likely N-dealkylation sites (tertiary alicyclic amines) is 1. The van der Waals surface area contributed by atoms with Gasteiger partial charge < -0.3 is 30.2 Å². The number of sulfonamides is 1. The maximum absolute atomic E-state index is 13.9. The van der Waals surface area contributed by atoms with Gasteiger partial charge in [-0.15, -0.1) is 16.8 Å². The first-order valence-electron chi connectivity index (χ1n) is 20.2. The highest BCUT2D eigenvalue weighted by Crippen LogP contribution is 2.44. The Bertz CT molecular complexity index is 1970. The summed E-state index contributed by atoms with van der Waals surface area (Å²) in [4.78, 5) is 52.8. The molecule has 15 nitrogen and oxygen atoms in total. The summed E-state index contributed by atoms with van der Waals surface area (Å²) in [7, 11) is -3.87. The van der Waals surface area contributed by atoms with Gasteiger partial charge in [0.05, 0.1) is 28.7 Å². The standard InChI is InChI=1S/C35H49N5O7S.C6H11F2NO2/c1-6-9-12-23(4)19-24(7-2)20-29(41)40-22-25(47-32-27-14-11-10-13-26(27)31(37-38-32)46-8-3)21-28(40)30(42)36-35(17-18-35)33(43)39-48(44,45)34(5)15-16-34;1-5(2,6(3,7)8)11-4(9)10/h6,10-11,13-14,23-25,28H,1,7-9,12,15-22H2,2-5H3,(H,36,42)(H,39,43);1-3H3,(H2,9,10)/t23?,24?,25-,28?;/m1./s1. The highest BCUT2D eigenvalue weighted by atomic mass is 32.2. The van der Waals surface area contributed by atoms with Crippen LogP contribution in [0.4, 0.5) is 13.6 Å². The van der Waals surface area contributed by atoms with Gasteiger partial charge in [-0.25, -0.2) is 22.0 Å². The van der Waals surface area contributed by atoms with E-state index in [1.165, 1.54) is 0 Å². The second-order valence-electron chi connectivity index (χ2n) is 16.8. The van der Waals surface area contributed by atoms with Crippen molar-refractivity contribution in [1.29, 1.82) is 0 Å². The molecule has 4 amide bonds.